The van der Waals surface area contributed by atoms with Gasteiger partial charge in [0.2, 0.25) is 17.1 Å². The number of nitrogen functional groups attached to an aromatic ring is 1. The minimum absolute atomic E-state index is 0.171. The third-order valence-corrected chi connectivity index (χ3v) is 3.80. The van der Waals surface area contributed by atoms with E-state index >= 15 is 0 Å². The number of aryl methyl sites for hydroxylation is 1. The summed E-state index contributed by atoms with van der Waals surface area (Å²) >= 11 is 1.17. The topological polar surface area (TPSA) is 114 Å². The maximum absolute atomic E-state index is 11.4. The molecule has 2 aromatic heterocycles. The molecular weight excluding hydrogens is 290 g/mol. The Bertz CT molecular complexity index is 711. The van der Waals surface area contributed by atoms with Gasteiger partial charge in [-0.15, -0.1) is 0 Å². The summed E-state index contributed by atoms with van der Waals surface area (Å²) in [6, 6.07) is 1.43. The van der Waals surface area contributed by atoms with Crippen molar-refractivity contribution in [1.29, 1.82) is 0 Å². The van der Waals surface area contributed by atoms with Crippen molar-refractivity contribution in [3.05, 3.63) is 22.1 Å². The van der Waals surface area contributed by atoms with Crippen LogP contribution < -0.4 is 16.2 Å². The number of nitrogens with one attached hydrogen (secondary N) is 1. The molecule has 0 unspecified atom stereocenters. The van der Waals surface area contributed by atoms with E-state index in [9.17, 15) is 4.79 Å². The van der Waals surface area contributed by atoms with Gasteiger partial charge < -0.3 is 15.6 Å². The molecule has 0 radical (unpaired) electrons. The average molecular weight is 305 g/mol. The van der Waals surface area contributed by atoms with Crippen LogP contribution in [0.4, 0.5) is 11.9 Å². The van der Waals surface area contributed by atoms with Crippen molar-refractivity contribution in [3.8, 4) is 0 Å². The predicted octanol–water partition coefficient (Wildman–Crippen LogP) is 0.597. The summed E-state index contributed by atoms with van der Waals surface area (Å²) in [7, 11) is 0. The van der Waals surface area contributed by atoms with Gasteiger partial charge in [-0.1, -0.05) is 0 Å². The molecule has 0 spiro atoms. The molecule has 1 saturated heterocycles. The molecule has 2 aromatic rings. The van der Waals surface area contributed by atoms with Crippen molar-refractivity contribution in [2.24, 2.45) is 0 Å². The first-order chi connectivity index (χ1) is 10.1. The van der Waals surface area contributed by atoms with Crippen LogP contribution in [0.15, 0.2) is 21.2 Å². The molecule has 1 aliphatic heterocycles. The first-order valence-corrected chi connectivity index (χ1v) is 7.44. The minimum Gasteiger partial charge on any atom is -0.368 e. The molecule has 3 rings (SSSR count). The molecule has 21 heavy (non-hydrogen) atoms. The number of nitrogens with two attached hydrogens (primary N) is 1. The Kier molecular flexibility index (Phi) is 3.74. The first-order valence-electron chi connectivity index (χ1n) is 6.62. The monoisotopic (exact) mass is 305 g/mol. The normalized spacial score (nSPS) is 14.6. The molecule has 0 saturated carbocycles. The van der Waals surface area contributed by atoms with Gasteiger partial charge in [-0.05, 0) is 31.5 Å². The molecule has 0 aromatic carbocycles. The lowest BCUT2D eigenvalue weighted by Crippen LogP contribution is -2.21. The van der Waals surface area contributed by atoms with Crippen molar-refractivity contribution in [3.63, 3.8) is 0 Å². The van der Waals surface area contributed by atoms with E-state index in [0.29, 0.717) is 22.0 Å². The molecular formula is C12H15N7OS. The fourth-order valence-electron chi connectivity index (χ4n) is 2.15. The fraction of sp³-hybridized carbons (Fsp3) is 0.417. The molecule has 0 atom stereocenters. The van der Waals surface area contributed by atoms with Gasteiger partial charge in [-0.2, -0.15) is 15.0 Å². The van der Waals surface area contributed by atoms with Crippen LogP contribution in [0.2, 0.25) is 0 Å². The summed E-state index contributed by atoms with van der Waals surface area (Å²) in [6.45, 7) is 3.61. The Balaban J connectivity index is 1.89. The molecule has 1 fully saturated rings. The van der Waals surface area contributed by atoms with Gasteiger partial charge in [-0.3, -0.25) is 4.79 Å². The lowest BCUT2D eigenvalue weighted by Gasteiger charge is -2.15. The Labute approximate surface area is 125 Å². The molecule has 0 aliphatic carbocycles. The van der Waals surface area contributed by atoms with E-state index < -0.39 is 0 Å². The standard InChI is InChI=1S/C12H15N7OS/c1-7-6-8(20)15-11(14-7)21-12-17-9(13)16-10(18-12)19-4-2-3-5-19/h6H,2-5H2,1H3,(H,14,15,20)(H2,13,16,17,18). The maximum atomic E-state index is 11.4. The largest absolute Gasteiger partial charge is 0.368 e. The van der Waals surface area contributed by atoms with Gasteiger partial charge in [0, 0.05) is 24.8 Å². The highest BCUT2D eigenvalue weighted by molar-refractivity contribution is 7.99. The third-order valence-electron chi connectivity index (χ3n) is 3.05. The van der Waals surface area contributed by atoms with Crippen molar-refractivity contribution in [2.45, 2.75) is 30.1 Å². The van der Waals surface area contributed by atoms with Gasteiger partial charge in [0.25, 0.3) is 5.56 Å². The second-order valence-electron chi connectivity index (χ2n) is 4.76. The summed E-state index contributed by atoms with van der Waals surface area (Å²) in [5.74, 6) is 0.752. The molecule has 8 nitrogen and oxygen atoms in total. The first kappa shape index (κ1) is 13.8. The minimum atomic E-state index is -0.202. The van der Waals surface area contributed by atoms with Crippen molar-refractivity contribution < 1.29 is 0 Å². The van der Waals surface area contributed by atoms with E-state index in [2.05, 4.69) is 29.8 Å². The zero-order chi connectivity index (χ0) is 14.8. The molecule has 3 N–H and O–H groups in total. The highest BCUT2D eigenvalue weighted by Gasteiger charge is 2.17. The Morgan fingerprint density at radius 2 is 2.00 bits per heavy atom. The molecule has 9 heteroatoms. The molecule has 0 amide bonds. The van der Waals surface area contributed by atoms with Gasteiger partial charge >= 0.3 is 0 Å². The summed E-state index contributed by atoms with van der Waals surface area (Å²) in [4.78, 5) is 33.1. The molecule has 110 valence electrons. The average Bonchev–Trinajstić information content (AvgIpc) is 2.90. The van der Waals surface area contributed by atoms with Crippen LogP contribution in [0, 0.1) is 6.92 Å². The highest BCUT2D eigenvalue weighted by Crippen LogP contribution is 2.24. The fourth-order valence-corrected chi connectivity index (χ4v) is 2.93. The number of rotatable bonds is 3. The van der Waals surface area contributed by atoms with Gasteiger partial charge in [0.1, 0.15) is 0 Å². The number of H-pyrrole nitrogens is 1. The zero-order valence-corrected chi connectivity index (χ0v) is 12.4. The van der Waals surface area contributed by atoms with E-state index in [-0.39, 0.29) is 11.5 Å². The number of anilines is 2. The van der Waals surface area contributed by atoms with Crippen LogP contribution in [0.1, 0.15) is 18.5 Å². The predicted molar refractivity (Wildman–Crippen MR) is 79.4 cm³/mol. The van der Waals surface area contributed by atoms with Crippen LogP contribution in [0.5, 0.6) is 0 Å². The number of nitrogens with zero attached hydrogens (tertiary/aromatic N) is 5. The number of hydrogen-bond acceptors (Lipinski definition) is 8. The SMILES string of the molecule is Cc1cc(=O)[nH]c(Sc2nc(N)nc(N3CCCC3)n2)n1. The highest BCUT2D eigenvalue weighted by atomic mass is 32.2. The number of aromatic amines is 1. The Morgan fingerprint density at radius 1 is 1.24 bits per heavy atom. The summed E-state index contributed by atoms with van der Waals surface area (Å²) in [5.41, 5.74) is 6.19. The van der Waals surface area contributed by atoms with Crippen LogP contribution in [-0.2, 0) is 0 Å². The number of aromatic nitrogens is 5. The van der Waals surface area contributed by atoms with Crippen molar-refractivity contribution in [1.82, 2.24) is 24.9 Å². The second kappa shape index (κ2) is 5.68. The summed E-state index contributed by atoms with van der Waals surface area (Å²) < 4.78 is 0. The van der Waals surface area contributed by atoms with Gasteiger partial charge in [0.05, 0.1) is 0 Å². The summed E-state index contributed by atoms with van der Waals surface area (Å²) in [6.07, 6.45) is 2.25. The Hall–Kier alpha value is -2.16. The molecule has 3 heterocycles. The van der Waals surface area contributed by atoms with E-state index in [1.165, 1.54) is 17.8 Å². The Morgan fingerprint density at radius 3 is 2.71 bits per heavy atom. The van der Waals surface area contributed by atoms with E-state index in [1.54, 1.807) is 6.92 Å². The zero-order valence-electron chi connectivity index (χ0n) is 11.5. The maximum Gasteiger partial charge on any atom is 0.251 e. The number of hydrogen-bond donors (Lipinski definition) is 2. The second-order valence-corrected chi connectivity index (χ2v) is 5.72. The van der Waals surface area contributed by atoms with E-state index in [0.717, 1.165) is 25.9 Å². The van der Waals surface area contributed by atoms with Gasteiger partial charge in [0.15, 0.2) is 5.16 Å². The van der Waals surface area contributed by atoms with Gasteiger partial charge in [-0.25, -0.2) is 4.98 Å². The third kappa shape index (κ3) is 3.30. The lowest BCUT2D eigenvalue weighted by atomic mass is 10.4. The molecule has 0 bridgehead atoms. The van der Waals surface area contributed by atoms with Crippen LogP contribution >= 0.6 is 11.8 Å². The lowest BCUT2D eigenvalue weighted by molar-refractivity contribution is 0.827. The van der Waals surface area contributed by atoms with E-state index in [1.807, 2.05) is 0 Å². The smallest absolute Gasteiger partial charge is 0.251 e. The summed E-state index contributed by atoms with van der Waals surface area (Å²) in [5, 5.41) is 0.871. The van der Waals surface area contributed by atoms with Crippen LogP contribution in [0.25, 0.3) is 0 Å². The quantitative estimate of drug-likeness (QED) is 0.792. The van der Waals surface area contributed by atoms with E-state index in [4.69, 9.17) is 5.73 Å². The van der Waals surface area contributed by atoms with Crippen LogP contribution in [-0.4, -0.2) is 38.0 Å². The molecule has 1 aliphatic rings. The van der Waals surface area contributed by atoms with Crippen molar-refractivity contribution in [2.75, 3.05) is 23.7 Å². The van der Waals surface area contributed by atoms with Crippen molar-refractivity contribution >= 4 is 23.7 Å². The van der Waals surface area contributed by atoms with Crippen LogP contribution in [0.3, 0.4) is 0 Å².